The second kappa shape index (κ2) is 6.48. The molecular formula is C13H14Br2O3. The molecule has 0 amide bonds. The van der Waals surface area contributed by atoms with Gasteiger partial charge in [0, 0.05) is 11.4 Å². The van der Waals surface area contributed by atoms with Gasteiger partial charge in [0.1, 0.15) is 6.61 Å². The Morgan fingerprint density at radius 1 is 1.39 bits per heavy atom. The maximum atomic E-state index is 12.1. The Hall–Kier alpha value is -0.680. The zero-order valence-corrected chi connectivity index (χ0v) is 13.4. The molecule has 0 saturated carbocycles. The number of Topliss-reactive ketones (excluding diaryl/α,β-unsaturated/α-hetero) is 1. The summed E-state index contributed by atoms with van der Waals surface area (Å²) in [7, 11) is 0. The van der Waals surface area contributed by atoms with Gasteiger partial charge in [0.05, 0.1) is 10.7 Å². The molecule has 0 bridgehead atoms. The molecule has 0 aliphatic rings. The number of carbonyl (C=O) groups excluding carboxylic acids is 2. The summed E-state index contributed by atoms with van der Waals surface area (Å²) in [4.78, 5) is 23.0. The van der Waals surface area contributed by atoms with E-state index in [1.807, 2.05) is 24.3 Å². The second-order valence-corrected chi connectivity index (χ2v) is 5.66. The molecule has 1 unspecified atom stereocenters. The van der Waals surface area contributed by atoms with E-state index in [9.17, 15) is 9.59 Å². The quantitative estimate of drug-likeness (QED) is 0.584. The van der Waals surface area contributed by atoms with Gasteiger partial charge < -0.3 is 4.74 Å². The number of ketones is 1. The van der Waals surface area contributed by atoms with Gasteiger partial charge in [-0.05, 0) is 24.6 Å². The van der Waals surface area contributed by atoms with Gasteiger partial charge in [-0.1, -0.05) is 44.0 Å². The van der Waals surface area contributed by atoms with E-state index in [1.165, 1.54) is 6.92 Å². The largest absolute Gasteiger partial charge is 0.464 e. The number of esters is 1. The van der Waals surface area contributed by atoms with Crippen LogP contribution in [0.4, 0.5) is 0 Å². The summed E-state index contributed by atoms with van der Waals surface area (Å²) in [5.74, 6) is -0.416. The van der Waals surface area contributed by atoms with E-state index in [4.69, 9.17) is 4.74 Å². The second-order valence-electron chi connectivity index (χ2n) is 4.18. The number of carbonyl (C=O) groups is 2. The maximum Gasteiger partial charge on any atom is 0.302 e. The Morgan fingerprint density at radius 2 is 2.06 bits per heavy atom. The van der Waals surface area contributed by atoms with Gasteiger partial charge in [0.25, 0.3) is 0 Å². The van der Waals surface area contributed by atoms with Crippen LogP contribution in [0, 0.1) is 0 Å². The standard InChI is InChI=1S/C13H14Br2O3/c1-9(16)18-8-13(2,12(17)7-14)10-4-3-5-11(15)6-10/h3-6H,7-8H2,1-2H3. The number of alkyl halides is 1. The van der Waals surface area contributed by atoms with E-state index in [0.29, 0.717) is 0 Å². The van der Waals surface area contributed by atoms with E-state index in [0.717, 1.165) is 10.0 Å². The number of benzene rings is 1. The van der Waals surface area contributed by atoms with Crippen LogP contribution in [0.2, 0.25) is 0 Å². The molecule has 0 aliphatic heterocycles. The molecule has 0 heterocycles. The molecule has 0 spiro atoms. The summed E-state index contributed by atoms with van der Waals surface area (Å²) in [5.41, 5.74) is -0.0125. The lowest BCUT2D eigenvalue weighted by molar-refractivity contribution is -0.144. The van der Waals surface area contributed by atoms with E-state index in [1.54, 1.807) is 6.92 Å². The topological polar surface area (TPSA) is 43.4 Å². The highest BCUT2D eigenvalue weighted by atomic mass is 79.9. The van der Waals surface area contributed by atoms with Gasteiger partial charge in [0.15, 0.2) is 5.78 Å². The van der Waals surface area contributed by atoms with E-state index in [-0.39, 0.29) is 17.7 Å². The van der Waals surface area contributed by atoms with Crippen molar-refractivity contribution in [3.05, 3.63) is 34.3 Å². The van der Waals surface area contributed by atoms with Crippen LogP contribution in [-0.4, -0.2) is 23.7 Å². The third kappa shape index (κ3) is 3.65. The van der Waals surface area contributed by atoms with Gasteiger partial charge in [0.2, 0.25) is 0 Å². The molecule has 18 heavy (non-hydrogen) atoms. The van der Waals surface area contributed by atoms with Crippen LogP contribution in [0.5, 0.6) is 0 Å². The van der Waals surface area contributed by atoms with Gasteiger partial charge in [-0.3, -0.25) is 9.59 Å². The molecule has 98 valence electrons. The number of rotatable bonds is 5. The van der Waals surface area contributed by atoms with Crippen molar-refractivity contribution < 1.29 is 14.3 Å². The Balaban J connectivity index is 3.11. The highest BCUT2D eigenvalue weighted by Gasteiger charge is 2.35. The average Bonchev–Trinajstić information content (AvgIpc) is 2.34. The van der Waals surface area contributed by atoms with Crippen LogP contribution in [0.3, 0.4) is 0 Å². The molecule has 0 aliphatic carbocycles. The van der Waals surface area contributed by atoms with Crippen molar-refractivity contribution in [2.24, 2.45) is 0 Å². The van der Waals surface area contributed by atoms with Crippen molar-refractivity contribution in [1.82, 2.24) is 0 Å². The zero-order valence-electron chi connectivity index (χ0n) is 10.2. The SMILES string of the molecule is CC(=O)OCC(C)(C(=O)CBr)c1cccc(Br)c1. The summed E-state index contributed by atoms with van der Waals surface area (Å²) < 4.78 is 5.91. The first-order valence-electron chi connectivity index (χ1n) is 5.39. The van der Waals surface area contributed by atoms with Crippen molar-refractivity contribution in [3.8, 4) is 0 Å². The Kier molecular flexibility index (Phi) is 5.53. The molecule has 0 radical (unpaired) electrons. The highest BCUT2D eigenvalue weighted by molar-refractivity contribution is 9.10. The fourth-order valence-corrected chi connectivity index (χ4v) is 2.57. The molecule has 5 heteroatoms. The zero-order chi connectivity index (χ0) is 13.8. The first-order chi connectivity index (χ1) is 8.40. The van der Waals surface area contributed by atoms with Crippen LogP contribution >= 0.6 is 31.9 Å². The van der Waals surface area contributed by atoms with Crippen molar-refractivity contribution >= 4 is 43.6 Å². The lowest BCUT2D eigenvalue weighted by Gasteiger charge is -2.27. The van der Waals surface area contributed by atoms with Crippen LogP contribution in [0.1, 0.15) is 19.4 Å². The minimum Gasteiger partial charge on any atom is -0.464 e. The predicted octanol–water partition coefficient (Wildman–Crippen LogP) is 3.23. The van der Waals surface area contributed by atoms with Crippen LogP contribution in [0.15, 0.2) is 28.7 Å². The smallest absolute Gasteiger partial charge is 0.302 e. The van der Waals surface area contributed by atoms with Gasteiger partial charge >= 0.3 is 5.97 Å². The number of hydrogen-bond acceptors (Lipinski definition) is 3. The first-order valence-corrected chi connectivity index (χ1v) is 7.30. The van der Waals surface area contributed by atoms with Crippen LogP contribution < -0.4 is 0 Å². The third-order valence-corrected chi connectivity index (χ3v) is 3.77. The molecule has 0 N–H and O–H groups in total. The van der Waals surface area contributed by atoms with E-state index in [2.05, 4.69) is 31.9 Å². The molecular weight excluding hydrogens is 364 g/mol. The third-order valence-electron chi connectivity index (χ3n) is 2.76. The van der Waals surface area contributed by atoms with Crippen molar-refractivity contribution in [1.29, 1.82) is 0 Å². The summed E-state index contributed by atoms with van der Waals surface area (Å²) in [6.45, 7) is 3.16. The molecule has 1 atom stereocenters. The highest BCUT2D eigenvalue weighted by Crippen LogP contribution is 2.28. The van der Waals surface area contributed by atoms with Crippen molar-refractivity contribution in [2.75, 3.05) is 11.9 Å². The fourth-order valence-electron chi connectivity index (χ4n) is 1.55. The lowest BCUT2D eigenvalue weighted by Crippen LogP contribution is -2.39. The summed E-state index contributed by atoms with van der Waals surface area (Å²) >= 11 is 6.55. The predicted molar refractivity (Wildman–Crippen MR) is 76.9 cm³/mol. The number of hydrogen-bond donors (Lipinski definition) is 0. The molecule has 1 aromatic carbocycles. The number of halogens is 2. The molecule has 1 rings (SSSR count). The van der Waals surface area contributed by atoms with Crippen molar-refractivity contribution in [3.63, 3.8) is 0 Å². The Morgan fingerprint density at radius 3 is 2.56 bits per heavy atom. The summed E-state index contributed by atoms with van der Waals surface area (Å²) in [6.07, 6.45) is 0. The van der Waals surface area contributed by atoms with E-state index < -0.39 is 11.4 Å². The van der Waals surface area contributed by atoms with E-state index >= 15 is 0 Å². The van der Waals surface area contributed by atoms with Crippen molar-refractivity contribution in [2.45, 2.75) is 19.3 Å². The number of ether oxygens (including phenoxy) is 1. The maximum absolute atomic E-state index is 12.1. The molecule has 0 aromatic heterocycles. The summed E-state index contributed by atoms with van der Waals surface area (Å²) in [5, 5.41) is 0.220. The molecule has 1 aromatic rings. The fraction of sp³-hybridized carbons (Fsp3) is 0.385. The van der Waals surface area contributed by atoms with Gasteiger partial charge in [-0.25, -0.2) is 0 Å². The minimum atomic E-state index is -0.834. The normalized spacial score (nSPS) is 13.8. The lowest BCUT2D eigenvalue weighted by atomic mass is 9.80. The summed E-state index contributed by atoms with van der Waals surface area (Å²) in [6, 6.07) is 7.46. The van der Waals surface area contributed by atoms with Crippen LogP contribution in [0.25, 0.3) is 0 Å². The van der Waals surface area contributed by atoms with Crippen LogP contribution in [-0.2, 0) is 19.7 Å². The minimum absolute atomic E-state index is 0.0261. The molecule has 3 nitrogen and oxygen atoms in total. The average molecular weight is 378 g/mol. The Labute approximate surface area is 123 Å². The van der Waals surface area contributed by atoms with Gasteiger partial charge in [-0.15, -0.1) is 0 Å². The van der Waals surface area contributed by atoms with Gasteiger partial charge in [-0.2, -0.15) is 0 Å². The molecule has 0 fully saturated rings. The molecule has 0 saturated heterocycles. The first kappa shape index (κ1) is 15.4. The monoisotopic (exact) mass is 376 g/mol. The Bertz CT molecular complexity index is 459.